The lowest BCUT2D eigenvalue weighted by molar-refractivity contribution is -0.129. The molecule has 6 heteroatoms. The summed E-state index contributed by atoms with van der Waals surface area (Å²) in [5.74, 6) is -0.402. The molecule has 0 saturated heterocycles. The summed E-state index contributed by atoms with van der Waals surface area (Å²) in [5.41, 5.74) is 1.83. The number of benzene rings is 2. The van der Waals surface area contributed by atoms with Gasteiger partial charge in [-0.25, -0.2) is 0 Å². The van der Waals surface area contributed by atoms with Gasteiger partial charge < -0.3 is 9.88 Å². The maximum absolute atomic E-state index is 13.3. The molecular weight excluding hydrogens is 374 g/mol. The molecule has 0 spiro atoms. The van der Waals surface area contributed by atoms with Gasteiger partial charge in [-0.05, 0) is 50.4 Å². The Kier molecular flexibility index (Phi) is 4.42. The third-order valence-corrected chi connectivity index (χ3v) is 5.12. The summed E-state index contributed by atoms with van der Waals surface area (Å²) in [6.45, 7) is 5.92. The highest BCUT2D eigenvalue weighted by Gasteiger charge is 2.41. The van der Waals surface area contributed by atoms with E-state index in [-0.39, 0.29) is 18.4 Å². The Morgan fingerprint density at radius 3 is 2.50 bits per heavy atom. The third-order valence-electron chi connectivity index (χ3n) is 4.80. The molecule has 1 aromatic heterocycles. The number of amides is 2. The van der Waals surface area contributed by atoms with Crippen LogP contribution in [-0.4, -0.2) is 21.9 Å². The van der Waals surface area contributed by atoms with Crippen molar-refractivity contribution in [3.63, 3.8) is 0 Å². The summed E-state index contributed by atoms with van der Waals surface area (Å²) in [6, 6.07) is 16.2. The van der Waals surface area contributed by atoms with Crippen LogP contribution in [0.4, 0.5) is 5.69 Å². The van der Waals surface area contributed by atoms with Crippen LogP contribution < -0.4 is 10.2 Å². The number of fused-ring (bicyclic) bond motifs is 3. The first kappa shape index (κ1) is 18.6. The highest BCUT2D eigenvalue weighted by Crippen LogP contribution is 2.38. The van der Waals surface area contributed by atoms with Gasteiger partial charge in [0, 0.05) is 11.1 Å². The Hall–Kier alpha value is -2.79. The van der Waals surface area contributed by atoms with Gasteiger partial charge in [0.05, 0.1) is 16.4 Å². The molecule has 0 aliphatic carbocycles. The predicted octanol–water partition coefficient (Wildman–Crippen LogP) is 4.30. The van der Waals surface area contributed by atoms with E-state index in [0.717, 1.165) is 16.6 Å². The van der Waals surface area contributed by atoms with Gasteiger partial charge >= 0.3 is 0 Å². The monoisotopic (exact) mass is 395 g/mol. The number of nitrogens with zero attached hydrogens (tertiary/aromatic N) is 2. The topological polar surface area (TPSA) is 54.3 Å². The molecule has 1 aliphatic rings. The van der Waals surface area contributed by atoms with Crippen molar-refractivity contribution in [1.29, 1.82) is 0 Å². The number of nitrogens with one attached hydrogen (secondary N) is 1. The van der Waals surface area contributed by atoms with Crippen LogP contribution >= 0.6 is 11.6 Å². The highest BCUT2D eigenvalue weighted by atomic mass is 35.5. The molecule has 0 bridgehead atoms. The molecule has 0 saturated carbocycles. The van der Waals surface area contributed by atoms with Crippen LogP contribution in [0.1, 0.15) is 32.5 Å². The molecule has 1 aliphatic heterocycles. The first-order chi connectivity index (χ1) is 13.3. The lowest BCUT2D eigenvalue weighted by Crippen LogP contribution is -2.52. The second-order valence-corrected chi connectivity index (χ2v) is 8.48. The number of aromatic nitrogens is 1. The fourth-order valence-electron chi connectivity index (χ4n) is 3.73. The van der Waals surface area contributed by atoms with E-state index >= 15 is 0 Å². The van der Waals surface area contributed by atoms with Crippen molar-refractivity contribution in [1.82, 2.24) is 9.88 Å². The lowest BCUT2D eigenvalue weighted by atomic mass is 10.0. The van der Waals surface area contributed by atoms with Crippen LogP contribution in [0.5, 0.6) is 0 Å². The minimum atomic E-state index is -0.798. The van der Waals surface area contributed by atoms with Gasteiger partial charge in [-0.15, -0.1) is 0 Å². The first-order valence-electron chi connectivity index (χ1n) is 9.23. The van der Waals surface area contributed by atoms with E-state index in [1.165, 1.54) is 4.90 Å². The van der Waals surface area contributed by atoms with Gasteiger partial charge in [0.25, 0.3) is 0 Å². The summed E-state index contributed by atoms with van der Waals surface area (Å²) < 4.78 is 1.93. The smallest absolute Gasteiger partial charge is 0.249 e. The molecule has 2 heterocycles. The third kappa shape index (κ3) is 3.16. The molecule has 0 radical (unpaired) electrons. The van der Waals surface area contributed by atoms with Gasteiger partial charge in [-0.1, -0.05) is 41.9 Å². The number of carbonyl (C=O) groups is 2. The van der Waals surface area contributed by atoms with Crippen LogP contribution in [0, 0.1) is 0 Å². The summed E-state index contributed by atoms with van der Waals surface area (Å²) in [4.78, 5) is 28.1. The molecule has 28 heavy (non-hydrogen) atoms. The van der Waals surface area contributed by atoms with Crippen molar-refractivity contribution >= 4 is 40.0 Å². The van der Waals surface area contributed by atoms with Crippen molar-refractivity contribution in [3.8, 4) is 0 Å². The van der Waals surface area contributed by atoms with E-state index in [2.05, 4.69) is 5.32 Å². The normalized spacial score (nSPS) is 16.9. The van der Waals surface area contributed by atoms with Crippen molar-refractivity contribution in [3.05, 3.63) is 65.3 Å². The van der Waals surface area contributed by atoms with E-state index in [1.807, 2.05) is 67.8 Å². The van der Waals surface area contributed by atoms with Crippen LogP contribution in [0.25, 0.3) is 10.9 Å². The van der Waals surface area contributed by atoms with Crippen molar-refractivity contribution in [2.75, 3.05) is 4.90 Å². The number of halogens is 1. The van der Waals surface area contributed by atoms with E-state index in [0.29, 0.717) is 10.7 Å². The largest absolute Gasteiger partial charge is 0.349 e. The lowest BCUT2D eigenvalue weighted by Gasteiger charge is -2.37. The van der Waals surface area contributed by atoms with Gasteiger partial charge in [0.2, 0.25) is 11.8 Å². The maximum atomic E-state index is 13.3. The molecule has 1 N–H and O–H groups in total. The fourth-order valence-corrected chi connectivity index (χ4v) is 3.96. The zero-order valence-corrected chi connectivity index (χ0v) is 16.8. The Morgan fingerprint density at radius 1 is 1.11 bits per heavy atom. The number of hydrogen-bond donors (Lipinski definition) is 1. The van der Waals surface area contributed by atoms with E-state index < -0.39 is 11.6 Å². The molecule has 1 unspecified atom stereocenters. The zero-order valence-electron chi connectivity index (χ0n) is 16.1. The Morgan fingerprint density at radius 2 is 1.79 bits per heavy atom. The molecule has 5 nitrogen and oxygen atoms in total. The second-order valence-electron chi connectivity index (χ2n) is 8.07. The molecule has 0 fully saturated rings. The molecule has 2 amide bonds. The quantitative estimate of drug-likeness (QED) is 0.703. The molecule has 3 aromatic rings. The van der Waals surface area contributed by atoms with Crippen LogP contribution in [0.15, 0.2) is 54.6 Å². The van der Waals surface area contributed by atoms with Gasteiger partial charge in [0.1, 0.15) is 6.54 Å². The maximum Gasteiger partial charge on any atom is 0.249 e. The summed E-state index contributed by atoms with van der Waals surface area (Å²) in [6.07, 6.45) is 0. The van der Waals surface area contributed by atoms with Crippen molar-refractivity contribution in [2.45, 2.75) is 38.9 Å². The van der Waals surface area contributed by atoms with E-state index in [1.54, 1.807) is 12.1 Å². The van der Waals surface area contributed by atoms with Crippen LogP contribution in [0.3, 0.4) is 0 Å². The summed E-state index contributed by atoms with van der Waals surface area (Å²) in [5, 5.41) is 4.46. The molecule has 2 aromatic carbocycles. The Balaban J connectivity index is 1.92. The number of anilines is 1. The minimum Gasteiger partial charge on any atom is -0.349 e. The minimum absolute atomic E-state index is 0.160. The number of hydrogen-bond acceptors (Lipinski definition) is 2. The van der Waals surface area contributed by atoms with Crippen LogP contribution in [-0.2, 0) is 16.1 Å². The van der Waals surface area contributed by atoms with Gasteiger partial charge in [-0.3, -0.25) is 14.5 Å². The van der Waals surface area contributed by atoms with E-state index in [9.17, 15) is 9.59 Å². The van der Waals surface area contributed by atoms with Gasteiger partial charge in [-0.2, -0.15) is 0 Å². The van der Waals surface area contributed by atoms with Gasteiger partial charge in [0.15, 0.2) is 6.04 Å². The molecule has 1 atom stereocenters. The summed E-state index contributed by atoms with van der Waals surface area (Å²) in [7, 11) is 0. The predicted molar refractivity (Wildman–Crippen MR) is 112 cm³/mol. The fraction of sp³-hybridized carbons (Fsp3) is 0.273. The highest BCUT2D eigenvalue weighted by molar-refractivity contribution is 6.34. The number of para-hydroxylation sites is 2. The Labute approximate surface area is 168 Å². The zero-order chi connectivity index (χ0) is 20.1. The Bertz CT molecular complexity index is 1080. The average molecular weight is 396 g/mol. The SMILES string of the molecule is CC(C)(C)NC(=O)C1c2cc3ccccc3n2CC(=O)N1c1ccccc1Cl. The van der Waals surface area contributed by atoms with Crippen LogP contribution in [0.2, 0.25) is 5.02 Å². The molecule has 144 valence electrons. The summed E-state index contributed by atoms with van der Waals surface area (Å²) >= 11 is 6.40. The standard InChI is InChI=1S/C22H22ClN3O2/c1-22(2,3)24-21(28)20-18-12-14-8-4-6-10-16(14)25(18)13-19(27)26(20)17-11-7-5-9-15(17)23/h4-12,20H,13H2,1-3H3,(H,24,28). The van der Waals surface area contributed by atoms with E-state index in [4.69, 9.17) is 11.6 Å². The first-order valence-corrected chi connectivity index (χ1v) is 9.61. The van der Waals surface area contributed by atoms with Crippen molar-refractivity contribution < 1.29 is 9.59 Å². The average Bonchev–Trinajstić information content (AvgIpc) is 2.98. The second kappa shape index (κ2) is 6.67. The number of rotatable bonds is 2. The number of carbonyl (C=O) groups excluding carboxylic acids is 2. The van der Waals surface area contributed by atoms with Crippen molar-refractivity contribution in [2.24, 2.45) is 0 Å². The molecule has 4 rings (SSSR count). The molecular formula is C22H22ClN3O2.